The molecule has 2 saturated carbocycles. The third-order valence-corrected chi connectivity index (χ3v) is 4.97. The third kappa shape index (κ3) is 2.13. The van der Waals surface area contributed by atoms with E-state index in [2.05, 4.69) is 10.5 Å². The van der Waals surface area contributed by atoms with Crippen molar-refractivity contribution in [3.05, 3.63) is 17.5 Å². The molecule has 6 heteroatoms. The van der Waals surface area contributed by atoms with E-state index in [0.29, 0.717) is 29.8 Å². The van der Waals surface area contributed by atoms with E-state index < -0.39 is 0 Å². The summed E-state index contributed by atoms with van der Waals surface area (Å²) in [6, 6.07) is 1.69. The summed E-state index contributed by atoms with van der Waals surface area (Å²) in [5.41, 5.74) is 0.345. The van der Waals surface area contributed by atoms with Gasteiger partial charge in [0, 0.05) is 25.2 Å². The number of rotatable bonds is 4. The highest BCUT2D eigenvalue weighted by Gasteiger charge is 2.57. The molecule has 0 aromatic carbocycles. The van der Waals surface area contributed by atoms with Gasteiger partial charge in [0.15, 0.2) is 5.69 Å². The summed E-state index contributed by atoms with van der Waals surface area (Å²) in [7, 11) is 0. The second-order valence-electron chi connectivity index (χ2n) is 6.56. The lowest BCUT2D eigenvalue weighted by Gasteiger charge is -2.35. The monoisotopic (exact) mass is 289 g/mol. The minimum Gasteiger partial charge on any atom is -0.361 e. The third-order valence-electron chi connectivity index (χ3n) is 4.97. The van der Waals surface area contributed by atoms with Crippen LogP contribution in [-0.2, 0) is 4.79 Å². The predicted octanol–water partition coefficient (Wildman–Crippen LogP) is 0.970. The van der Waals surface area contributed by atoms with Crippen molar-refractivity contribution in [3.8, 4) is 0 Å². The lowest BCUT2D eigenvalue weighted by atomic mass is 9.73. The molecule has 2 saturated heterocycles. The van der Waals surface area contributed by atoms with Gasteiger partial charge in [-0.3, -0.25) is 9.59 Å². The van der Waals surface area contributed by atoms with Gasteiger partial charge in [0.25, 0.3) is 5.91 Å². The summed E-state index contributed by atoms with van der Waals surface area (Å²) in [5.74, 6) is 1.60. The van der Waals surface area contributed by atoms with Gasteiger partial charge in [0.05, 0.1) is 5.92 Å². The molecule has 5 rings (SSSR count). The summed E-state index contributed by atoms with van der Waals surface area (Å²) in [5, 5.41) is 6.82. The first kappa shape index (κ1) is 12.9. The Morgan fingerprint density at radius 1 is 1.48 bits per heavy atom. The largest absolute Gasteiger partial charge is 0.361 e. The topological polar surface area (TPSA) is 75.4 Å². The maximum atomic E-state index is 12.4. The number of aromatic nitrogens is 1. The van der Waals surface area contributed by atoms with Crippen molar-refractivity contribution in [2.45, 2.75) is 32.2 Å². The molecular weight excluding hydrogens is 270 g/mol. The lowest BCUT2D eigenvalue weighted by Crippen LogP contribution is -2.49. The molecule has 21 heavy (non-hydrogen) atoms. The molecule has 1 aromatic rings. The predicted molar refractivity (Wildman–Crippen MR) is 73.4 cm³/mol. The van der Waals surface area contributed by atoms with E-state index in [1.165, 1.54) is 12.8 Å². The fourth-order valence-corrected chi connectivity index (χ4v) is 3.54. The van der Waals surface area contributed by atoms with Crippen molar-refractivity contribution < 1.29 is 14.1 Å². The van der Waals surface area contributed by atoms with Crippen LogP contribution in [0.2, 0.25) is 0 Å². The molecule has 1 aromatic heterocycles. The average molecular weight is 289 g/mol. The molecule has 4 fully saturated rings. The normalized spacial score (nSPS) is 30.1. The molecule has 112 valence electrons. The first-order chi connectivity index (χ1) is 10.1. The summed E-state index contributed by atoms with van der Waals surface area (Å²) in [4.78, 5) is 26.5. The lowest BCUT2D eigenvalue weighted by molar-refractivity contribution is -0.129. The maximum absolute atomic E-state index is 12.4. The highest BCUT2D eigenvalue weighted by atomic mass is 16.5. The number of amides is 2. The Morgan fingerprint density at radius 2 is 2.29 bits per heavy atom. The van der Waals surface area contributed by atoms with Gasteiger partial charge in [-0.2, -0.15) is 0 Å². The van der Waals surface area contributed by atoms with E-state index in [0.717, 1.165) is 13.0 Å². The number of nitrogens with zero attached hydrogens (tertiary/aromatic N) is 2. The Hall–Kier alpha value is -1.85. The van der Waals surface area contributed by atoms with Crippen LogP contribution in [0.1, 0.15) is 35.5 Å². The van der Waals surface area contributed by atoms with Gasteiger partial charge in [-0.25, -0.2) is 0 Å². The van der Waals surface area contributed by atoms with E-state index in [1.54, 1.807) is 17.9 Å². The van der Waals surface area contributed by atoms with Crippen molar-refractivity contribution >= 4 is 11.8 Å². The zero-order valence-corrected chi connectivity index (χ0v) is 12.0. The summed E-state index contributed by atoms with van der Waals surface area (Å²) in [6.45, 7) is 3.23. The first-order valence-electron chi connectivity index (χ1n) is 7.65. The van der Waals surface area contributed by atoms with Gasteiger partial charge in [0.1, 0.15) is 5.76 Å². The Labute approximate surface area is 122 Å². The molecule has 4 aliphatic rings. The van der Waals surface area contributed by atoms with Crippen LogP contribution in [0.4, 0.5) is 0 Å². The van der Waals surface area contributed by atoms with E-state index in [1.807, 2.05) is 0 Å². The smallest absolute Gasteiger partial charge is 0.276 e. The van der Waals surface area contributed by atoms with Crippen molar-refractivity contribution in [2.75, 3.05) is 13.1 Å². The molecule has 3 heterocycles. The maximum Gasteiger partial charge on any atom is 0.276 e. The Balaban J connectivity index is 1.41. The molecule has 6 nitrogen and oxygen atoms in total. The van der Waals surface area contributed by atoms with Gasteiger partial charge in [-0.05, 0) is 38.0 Å². The Bertz CT molecular complexity index is 593. The quantitative estimate of drug-likeness (QED) is 0.896. The molecule has 3 atom stereocenters. The molecule has 0 spiro atoms. The first-order valence-corrected chi connectivity index (χ1v) is 7.65. The molecule has 2 amide bonds. The average Bonchev–Trinajstić information content (AvgIpc) is 2.86. The van der Waals surface area contributed by atoms with Crippen LogP contribution in [0.5, 0.6) is 0 Å². The van der Waals surface area contributed by atoms with Crippen LogP contribution < -0.4 is 5.32 Å². The van der Waals surface area contributed by atoms with E-state index in [4.69, 9.17) is 4.52 Å². The number of nitrogens with one attached hydrogen (secondary N) is 1. The number of carbonyl (C=O) groups excluding carboxylic acids is 2. The number of aryl methyl sites for hydroxylation is 1. The SMILES string of the molecule is Cc1cc(C(=O)N2C[C@H]3C[C@@H]2C3C(=O)NCC2CC2)no1. The van der Waals surface area contributed by atoms with E-state index in [9.17, 15) is 9.59 Å². The minimum absolute atomic E-state index is 0.0271. The second kappa shape index (κ2) is 4.58. The van der Waals surface area contributed by atoms with Crippen LogP contribution in [0.3, 0.4) is 0 Å². The standard InChI is InChI=1S/C15H19N3O3/c1-8-4-11(17-21-8)15(20)18-7-10-5-12(18)13(10)14(19)16-6-9-2-3-9/h4,9-10,12-13H,2-3,5-7H2,1H3,(H,16,19)/t10-,12-,13?/m1/s1. The molecule has 1 unspecified atom stereocenters. The highest BCUT2D eigenvalue weighted by Crippen LogP contribution is 2.47. The van der Waals surface area contributed by atoms with Crippen molar-refractivity contribution in [3.63, 3.8) is 0 Å². The summed E-state index contributed by atoms with van der Waals surface area (Å²) in [6.07, 6.45) is 3.39. The van der Waals surface area contributed by atoms with Crippen LogP contribution in [0.15, 0.2) is 10.6 Å². The number of fused-ring (bicyclic) bond motifs is 1. The number of hydrogen-bond donors (Lipinski definition) is 1. The van der Waals surface area contributed by atoms with Crippen LogP contribution in [0, 0.1) is 24.7 Å². The zero-order valence-electron chi connectivity index (χ0n) is 12.0. The summed E-state index contributed by atoms with van der Waals surface area (Å²) < 4.78 is 4.96. The van der Waals surface area contributed by atoms with Gasteiger partial charge in [0.2, 0.25) is 5.91 Å². The fraction of sp³-hybridized carbons (Fsp3) is 0.667. The van der Waals surface area contributed by atoms with Crippen LogP contribution >= 0.6 is 0 Å². The molecule has 2 aliphatic heterocycles. The highest BCUT2D eigenvalue weighted by molar-refractivity contribution is 5.94. The molecule has 2 aliphatic carbocycles. The van der Waals surface area contributed by atoms with Crippen molar-refractivity contribution in [1.29, 1.82) is 0 Å². The van der Waals surface area contributed by atoms with Crippen LogP contribution in [-0.4, -0.2) is 41.0 Å². The molecule has 2 bridgehead atoms. The van der Waals surface area contributed by atoms with Crippen LogP contribution in [0.25, 0.3) is 0 Å². The van der Waals surface area contributed by atoms with Gasteiger partial charge in [-0.1, -0.05) is 5.16 Å². The van der Waals surface area contributed by atoms with Gasteiger partial charge < -0.3 is 14.7 Å². The summed E-state index contributed by atoms with van der Waals surface area (Å²) >= 11 is 0. The number of hydrogen-bond acceptors (Lipinski definition) is 4. The molecule has 0 radical (unpaired) electrons. The minimum atomic E-state index is -0.114. The van der Waals surface area contributed by atoms with Gasteiger partial charge >= 0.3 is 0 Å². The van der Waals surface area contributed by atoms with Crippen molar-refractivity contribution in [2.24, 2.45) is 17.8 Å². The molecular formula is C15H19N3O3. The van der Waals surface area contributed by atoms with Gasteiger partial charge in [-0.15, -0.1) is 0 Å². The Morgan fingerprint density at radius 3 is 2.95 bits per heavy atom. The van der Waals surface area contributed by atoms with E-state index >= 15 is 0 Å². The van der Waals surface area contributed by atoms with E-state index in [-0.39, 0.29) is 23.8 Å². The Kier molecular flexibility index (Phi) is 2.80. The zero-order chi connectivity index (χ0) is 14.6. The fourth-order valence-electron chi connectivity index (χ4n) is 3.54. The molecule has 1 N–H and O–H groups in total. The number of carbonyl (C=O) groups is 2. The second-order valence-corrected chi connectivity index (χ2v) is 6.56. The van der Waals surface area contributed by atoms with Crippen molar-refractivity contribution in [1.82, 2.24) is 15.4 Å².